The van der Waals surface area contributed by atoms with E-state index in [0.717, 1.165) is 42.4 Å². The number of benzene rings is 1. The van der Waals surface area contributed by atoms with E-state index in [1.807, 2.05) is 55.7 Å². The number of rotatable bonds is 9. The Bertz CT molecular complexity index is 1720. The number of carbonyl (C=O) groups excluding carboxylic acids is 1. The van der Waals surface area contributed by atoms with Gasteiger partial charge in [-0.3, -0.25) is 14.7 Å². The van der Waals surface area contributed by atoms with E-state index in [9.17, 15) is 10.1 Å². The highest BCUT2D eigenvalue weighted by atomic mass is 16.2. The number of nitrogens with zero attached hydrogens (tertiary/aromatic N) is 8. The first-order chi connectivity index (χ1) is 21.6. The summed E-state index contributed by atoms with van der Waals surface area (Å²) in [7, 11) is 1.87. The Kier molecular flexibility index (Phi) is 8.40. The molecule has 1 aliphatic rings. The Balaban J connectivity index is 1.15. The van der Waals surface area contributed by atoms with Crippen molar-refractivity contribution in [3.63, 3.8) is 0 Å². The van der Waals surface area contributed by atoms with Gasteiger partial charge in [-0.2, -0.15) is 20.4 Å². The number of pyridine rings is 1. The van der Waals surface area contributed by atoms with Crippen molar-refractivity contribution in [3.05, 3.63) is 90.6 Å². The number of nitrogens with one attached hydrogen (secondary N) is 4. The molecule has 4 N–H and O–H groups in total. The van der Waals surface area contributed by atoms with E-state index in [2.05, 4.69) is 47.3 Å². The number of hydrogen-bond acceptors (Lipinski definition) is 9. The van der Waals surface area contributed by atoms with Gasteiger partial charge in [0.2, 0.25) is 5.95 Å². The molecule has 4 heterocycles. The number of anilines is 4. The van der Waals surface area contributed by atoms with Gasteiger partial charge in [-0.1, -0.05) is 30.3 Å². The zero-order valence-electron chi connectivity index (χ0n) is 24.2. The van der Waals surface area contributed by atoms with Crippen molar-refractivity contribution >= 4 is 29.4 Å². The van der Waals surface area contributed by atoms with Gasteiger partial charge in [0.25, 0.3) is 0 Å². The Labute approximate surface area is 254 Å². The third-order valence-electron chi connectivity index (χ3n) is 7.59. The minimum absolute atomic E-state index is 0.0423. The topological polar surface area (TPSA) is 165 Å². The lowest BCUT2D eigenvalue weighted by Gasteiger charge is -2.36. The third-order valence-corrected chi connectivity index (χ3v) is 7.59. The van der Waals surface area contributed by atoms with Gasteiger partial charge in [-0.05, 0) is 43.4 Å². The number of H-pyrrole nitrogens is 1. The van der Waals surface area contributed by atoms with Crippen LogP contribution in [0.2, 0.25) is 0 Å². The molecule has 0 spiro atoms. The van der Waals surface area contributed by atoms with Gasteiger partial charge in [0, 0.05) is 61.5 Å². The smallest absolute Gasteiger partial charge is 0.323 e. The Morgan fingerprint density at radius 1 is 1.05 bits per heavy atom. The van der Waals surface area contributed by atoms with Crippen molar-refractivity contribution in [3.8, 4) is 17.2 Å². The monoisotopic (exact) mass is 588 g/mol. The molecule has 0 aliphatic heterocycles. The average molecular weight is 589 g/mol. The lowest BCUT2D eigenvalue weighted by Crippen LogP contribution is -2.49. The lowest BCUT2D eigenvalue weighted by atomic mass is 9.90. The van der Waals surface area contributed by atoms with Crippen LogP contribution in [0.3, 0.4) is 0 Å². The van der Waals surface area contributed by atoms with Gasteiger partial charge in [-0.15, -0.1) is 0 Å². The van der Waals surface area contributed by atoms with Crippen LogP contribution in [0.5, 0.6) is 0 Å². The molecule has 1 fully saturated rings. The summed E-state index contributed by atoms with van der Waals surface area (Å²) in [6, 6.07) is 17.5. The summed E-state index contributed by atoms with van der Waals surface area (Å²) in [5, 5.41) is 30.1. The van der Waals surface area contributed by atoms with Gasteiger partial charge in [0.15, 0.2) is 11.6 Å². The zero-order chi connectivity index (χ0) is 30.3. The highest BCUT2D eigenvalue weighted by Gasteiger charge is 2.31. The van der Waals surface area contributed by atoms with Gasteiger partial charge in [0.05, 0.1) is 12.4 Å². The van der Waals surface area contributed by atoms with Crippen molar-refractivity contribution in [2.24, 2.45) is 7.05 Å². The molecule has 1 aliphatic carbocycles. The molecule has 0 radical (unpaired) electrons. The lowest BCUT2D eigenvalue weighted by molar-refractivity contribution is 0.240. The number of hydrogen-bond donors (Lipinski definition) is 4. The second-order valence-corrected chi connectivity index (χ2v) is 10.6. The highest BCUT2D eigenvalue weighted by Crippen LogP contribution is 2.30. The predicted octanol–water partition coefficient (Wildman–Crippen LogP) is 4.75. The Morgan fingerprint density at radius 3 is 2.57 bits per heavy atom. The van der Waals surface area contributed by atoms with Crippen molar-refractivity contribution in [1.82, 2.24) is 40.2 Å². The highest BCUT2D eigenvalue weighted by molar-refractivity contribution is 5.91. The molecule has 6 rings (SSSR count). The fraction of sp³-hybridized carbons (Fsp3) is 0.258. The van der Waals surface area contributed by atoms with Gasteiger partial charge >= 0.3 is 6.03 Å². The molecule has 0 bridgehead atoms. The van der Waals surface area contributed by atoms with Gasteiger partial charge in [0.1, 0.15) is 17.5 Å². The maximum atomic E-state index is 13.7. The maximum absolute atomic E-state index is 13.7. The summed E-state index contributed by atoms with van der Waals surface area (Å²) in [4.78, 5) is 29.0. The second-order valence-electron chi connectivity index (χ2n) is 10.6. The molecule has 0 atom stereocenters. The number of amides is 2. The Hall–Kier alpha value is -5.77. The SMILES string of the molecule is Cn1cc(-c2ccc(N(C(=O)NCc3ccccc3)C3CCC(Nc4ncc(C#N)c(Nc5cc[nH]n5)n4)CC3)nc2)cn1. The molecule has 13 nitrogen and oxygen atoms in total. The van der Waals surface area contributed by atoms with Gasteiger partial charge < -0.3 is 16.0 Å². The van der Waals surface area contributed by atoms with Crippen LogP contribution in [0.4, 0.5) is 28.2 Å². The first kappa shape index (κ1) is 28.4. The predicted molar refractivity (Wildman–Crippen MR) is 166 cm³/mol. The minimum atomic E-state index is -0.184. The Morgan fingerprint density at radius 2 is 1.89 bits per heavy atom. The number of urea groups is 1. The molecule has 5 aromatic rings. The summed E-state index contributed by atoms with van der Waals surface area (Å²) >= 11 is 0. The van der Waals surface area contributed by atoms with E-state index < -0.39 is 0 Å². The number of aromatic nitrogens is 7. The third kappa shape index (κ3) is 6.65. The van der Waals surface area contributed by atoms with E-state index in [-0.39, 0.29) is 18.1 Å². The normalized spacial score (nSPS) is 16.1. The van der Waals surface area contributed by atoms with E-state index in [0.29, 0.717) is 35.5 Å². The summed E-state index contributed by atoms with van der Waals surface area (Å²) < 4.78 is 1.75. The van der Waals surface area contributed by atoms with E-state index >= 15 is 0 Å². The van der Waals surface area contributed by atoms with E-state index in [4.69, 9.17) is 4.98 Å². The molecule has 2 amide bonds. The van der Waals surface area contributed by atoms with Crippen LogP contribution in [0.1, 0.15) is 36.8 Å². The molecule has 4 aromatic heterocycles. The summed E-state index contributed by atoms with van der Waals surface area (Å²) in [6.07, 6.45) is 11.8. The quantitative estimate of drug-likeness (QED) is 0.190. The number of carbonyl (C=O) groups is 1. The molecule has 1 saturated carbocycles. The molecule has 44 heavy (non-hydrogen) atoms. The van der Waals surface area contributed by atoms with Crippen LogP contribution >= 0.6 is 0 Å². The fourth-order valence-corrected chi connectivity index (χ4v) is 5.33. The average Bonchev–Trinajstić information content (AvgIpc) is 3.74. The fourth-order valence-electron chi connectivity index (χ4n) is 5.33. The maximum Gasteiger partial charge on any atom is 0.323 e. The standard InChI is InChI=1S/C31H32N12O/c1-42-20-24(19-37-42)22-7-12-28(33-17-22)43(31(44)35-16-21-5-3-2-4-6-21)26-10-8-25(9-11-26)38-30-34-18-23(15-32)29(40-30)39-27-13-14-36-41-27/h2-7,12-14,17-20,25-26H,8-11,16H2,1H3,(H,35,44)(H3,34,36,38,39,40,41). The van der Waals surface area contributed by atoms with Crippen LogP contribution in [0.25, 0.3) is 11.1 Å². The van der Waals surface area contributed by atoms with Gasteiger partial charge in [-0.25, -0.2) is 14.8 Å². The molecule has 1 aromatic carbocycles. The molecular weight excluding hydrogens is 556 g/mol. The van der Waals surface area contributed by atoms with E-state index in [1.165, 1.54) is 6.20 Å². The van der Waals surface area contributed by atoms with Crippen LogP contribution in [-0.2, 0) is 13.6 Å². The number of aryl methyl sites for hydroxylation is 1. The number of aromatic amines is 1. The molecule has 0 unspecified atom stereocenters. The van der Waals surface area contributed by atoms with E-state index in [1.54, 1.807) is 34.2 Å². The summed E-state index contributed by atoms with van der Waals surface area (Å²) in [5.41, 5.74) is 3.24. The van der Waals surface area contributed by atoms with Crippen molar-refractivity contribution in [2.75, 3.05) is 15.5 Å². The first-order valence-corrected chi connectivity index (χ1v) is 14.4. The zero-order valence-corrected chi connectivity index (χ0v) is 24.2. The molecular formula is C31H32N12O. The largest absolute Gasteiger partial charge is 0.351 e. The van der Waals surface area contributed by atoms with Crippen molar-refractivity contribution in [2.45, 2.75) is 44.3 Å². The van der Waals surface area contributed by atoms with Crippen molar-refractivity contribution in [1.29, 1.82) is 5.26 Å². The second kappa shape index (κ2) is 13.0. The number of nitriles is 1. The summed E-state index contributed by atoms with van der Waals surface area (Å²) in [6.45, 7) is 0.422. The minimum Gasteiger partial charge on any atom is -0.351 e. The molecule has 222 valence electrons. The van der Waals surface area contributed by atoms with Crippen LogP contribution in [-0.4, -0.2) is 53.0 Å². The first-order valence-electron chi connectivity index (χ1n) is 14.4. The summed E-state index contributed by atoms with van der Waals surface area (Å²) in [5.74, 6) is 1.96. The molecule has 13 heteroatoms. The van der Waals surface area contributed by atoms with Crippen LogP contribution in [0.15, 0.2) is 79.5 Å². The molecule has 0 saturated heterocycles. The van der Waals surface area contributed by atoms with Crippen molar-refractivity contribution < 1.29 is 4.79 Å². The van der Waals surface area contributed by atoms with Crippen LogP contribution < -0.4 is 20.9 Å². The van der Waals surface area contributed by atoms with Crippen LogP contribution in [0, 0.1) is 11.3 Å².